The highest BCUT2D eigenvalue weighted by molar-refractivity contribution is 5.79. The predicted molar refractivity (Wildman–Crippen MR) is 99.1 cm³/mol. The average Bonchev–Trinajstić information content (AvgIpc) is 2.72. The molecule has 2 aliphatic heterocycles. The zero-order valence-electron chi connectivity index (χ0n) is 15.3. The van der Waals surface area contributed by atoms with Gasteiger partial charge in [-0.15, -0.1) is 0 Å². The number of nitriles is 1. The molecule has 2 fully saturated rings. The molecule has 2 aliphatic rings. The lowest BCUT2D eigenvalue weighted by Crippen LogP contribution is -2.52. The molecule has 1 aromatic rings. The standard InChI is InChI=1S/C18H24N6O3/c19-6-2-8-21-7-1-3-15(14-21)18(25)23-11-9-22(10-12-23)17-5-4-16(13-20-17)24(26)27/h4-5,13,15H,1-3,7-12,14H2. The van der Waals surface area contributed by atoms with E-state index in [1.165, 1.54) is 12.3 Å². The van der Waals surface area contributed by atoms with Crippen LogP contribution in [-0.4, -0.2) is 71.4 Å². The number of pyridine rings is 1. The van der Waals surface area contributed by atoms with E-state index in [4.69, 9.17) is 5.26 Å². The van der Waals surface area contributed by atoms with Crippen molar-refractivity contribution < 1.29 is 9.72 Å². The molecule has 0 spiro atoms. The topological polar surface area (TPSA) is 107 Å². The van der Waals surface area contributed by atoms with Crippen molar-refractivity contribution in [1.29, 1.82) is 5.26 Å². The van der Waals surface area contributed by atoms with Gasteiger partial charge < -0.3 is 14.7 Å². The predicted octanol–water partition coefficient (Wildman–Crippen LogP) is 1.26. The zero-order valence-corrected chi connectivity index (χ0v) is 15.3. The third-order valence-corrected chi connectivity index (χ3v) is 5.25. The van der Waals surface area contributed by atoms with Crippen molar-refractivity contribution in [2.75, 3.05) is 50.7 Å². The van der Waals surface area contributed by atoms with Crippen molar-refractivity contribution >= 4 is 17.4 Å². The second kappa shape index (κ2) is 8.77. The number of hydrogen-bond donors (Lipinski definition) is 0. The van der Waals surface area contributed by atoms with Gasteiger partial charge in [-0.25, -0.2) is 4.98 Å². The minimum atomic E-state index is -0.461. The number of piperidine rings is 1. The van der Waals surface area contributed by atoms with Crippen molar-refractivity contribution in [2.45, 2.75) is 19.3 Å². The number of likely N-dealkylation sites (tertiary alicyclic amines) is 1. The van der Waals surface area contributed by atoms with Crippen molar-refractivity contribution in [3.8, 4) is 6.07 Å². The lowest BCUT2D eigenvalue weighted by atomic mass is 9.96. The van der Waals surface area contributed by atoms with Crippen molar-refractivity contribution in [3.05, 3.63) is 28.4 Å². The summed E-state index contributed by atoms with van der Waals surface area (Å²) in [6, 6.07) is 5.28. The molecule has 3 rings (SSSR count). The third kappa shape index (κ3) is 4.71. The molecule has 3 heterocycles. The van der Waals surface area contributed by atoms with Crippen molar-refractivity contribution in [2.24, 2.45) is 5.92 Å². The van der Waals surface area contributed by atoms with E-state index in [2.05, 4.69) is 16.0 Å². The van der Waals surface area contributed by atoms with Gasteiger partial charge >= 0.3 is 0 Å². The van der Waals surface area contributed by atoms with Gasteiger partial charge in [-0.05, 0) is 25.5 Å². The van der Waals surface area contributed by atoms with Crippen LogP contribution >= 0.6 is 0 Å². The van der Waals surface area contributed by atoms with E-state index < -0.39 is 4.92 Å². The van der Waals surface area contributed by atoms with Gasteiger partial charge in [-0.1, -0.05) is 0 Å². The summed E-state index contributed by atoms with van der Waals surface area (Å²) in [6.45, 7) is 5.04. The number of aromatic nitrogens is 1. The van der Waals surface area contributed by atoms with Gasteiger partial charge in [0, 0.05) is 51.8 Å². The van der Waals surface area contributed by atoms with E-state index in [-0.39, 0.29) is 17.5 Å². The monoisotopic (exact) mass is 372 g/mol. The SMILES string of the molecule is N#CCCN1CCCC(C(=O)N2CCN(c3ccc([N+](=O)[O-])cn3)CC2)C1. The molecular formula is C18H24N6O3. The number of anilines is 1. The van der Waals surface area contributed by atoms with Crippen LogP contribution in [0.15, 0.2) is 18.3 Å². The second-order valence-corrected chi connectivity index (χ2v) is 6.99. The average molecular weight is 372 g/mol. The smallest absolute Gasteiger partial charge is 0.287 e. The molecule has 0 aromatic carbocycles. The summed E-state index contributed by atoms with van der Waals surface area (Å²) in [6.07, 6.45) is 3.67. The van der Waals surface area contributed by atoms with Crippen LogP contribution in [-0.2, 0) is 4.79 Å². The molecule has 0 aliphatic carbocycles. The molecule has 2 saturated heterocycles. The van der Waals surface area contributed by atoms with Gasteiger partial charge in [0.1, 0.15) is 12.0 Å². The van der Waals surface area contributed by atoms with Crippen LogP contribution in [0.2, 0.25) is 0 Å². The fraction of sp³-hybridized carbons (Fsp3) is 0.611. The van der Waals surface area contributed by atoms with Gasteiger partial charge in [0.25, 0.3) is 5.69 Å². The third-order valence-electron chi connectivity index (χ3n) is 5.25. The first kappa shape index (κ1) is 19.0. The number of amides is 1. The number of carbonyl (C=O) groups excluding carboxylic acids is 1. The number of carbonyl (C=O) groups is 1. The van der Waals surface area contributed by atoms with Gasteiger partial charge in [-0.2, -0.15) is 5.26 Å². The number of rotatable bonds is 5. The zero-order chi connectivity index (χ0) is 19.2. The Bertz CT molecular complexity index is 709. The molecular weight excluding hydrogens is 348 g/mol. The summed E-state index contributed by atoms with van der Waals surface area (Å²) < 4.78 is 0. The van der Waals surface area contributed by atoms with Gasteiger partial charge in [0.15, 0.2) is 0 Å². The van der Waals surface area contributed by atoms with E-state index >= 15 is 0 Å². The van der Waals surface area contributed by atoms with Crippen LogP contribution in [0.3, 0.4) is 0 Å². The Hall–Kier alpha value is -2.73. The van der Waals surface area contributed by atoms with Crippen LogP contribution in [0.1, 0.15) is 19.3 Å². The second-order valence-electron chi connectivity index (χ2n) is 6.99. The first-order valence-electron chi connectivity index (χ1n) is 9.32. The number of hydrogen-bond acceptors (Lipinski definition) is 7. The normalized spacial score (nSPS) is 20.9. The first-order valence-corrected chi connectivity index (χ1v) is 9.32. The van der Waals surface area contributed by atoms with Gasteiger partial charge in [0.05, 0.1) is 16.9 Å². The fourth-order valence-corrected chi connectivity index (χ4v) is 3.76. The number of piperazine rings is 1. The minimum Gasteiger partial charge on any atom is -0.353 e. The maximum atomic E-state index is 12.9. The summed E-state index contributed by atoms with van der Waals surface area (Å²) in [5, 5.41) is 19.5. The van der Waals surface area contributed by atoms with E-state index in [1.54, 1.807) is 6.07 Å². The number of nitro groups is 1. The van der Waals surface area contributed by atoms with Crippen molar-refractivity contribution in [3.63, 3.8) is 0 Å². The molecule has 1 amide bonds. The maximum absolute atomic E-state index is 12.9. The van der Waals surface area contributed by atoms with E-state index in [1.807, 2.05) is 9.80 Å². The summed E-state index contributed by atoms with van der Waals surface area (Å²) in [5.41, 5.74) is -0.0224. The Kier molecular flexibility index (Phi) is 6.19. The lowest BCUT2D eigenvalue weighted by Gasteiger charge is -2.39. The molecule has 0 bridgehead atoms. The Morgan fingerprint density at radius 2 is 2.07 bits per heavy atom. The molecule has 0 N–H and O–H groups in total. The molecule has 27 heavy (non-hydrogen) atoms. The van der Waals surface area contributed by atoms with Crippen LogP contribution in [0.25, 0.3) is 0 Å². The largest absolute Gasteiger partial charge is 0.353 e. The summed E-state index contributed by atoms with van der Waals surface area (Å²) in [7, 11) is 0. The van der Waals surface area contributed by atoms with Crippen LogP contribution in [0.5, 0.6) is 0 Å². The molecule has 9 nitrogen and oxygen atoms in total. The summed E-state index contributed by atoms with van der Waals surface area (Å²) in [5.74, 6) is 0.919. The highest BCUT2D eigenvalue weighted by Gasteiger charge is 2.31. The first-order chi connectivity index (χ1) is 13.1. The molecule has 1 atom stereocenters. The summed E-state index contributed by atoms with van der Waals surface area (Å²) in [4.78, 5) is 33.5. The Balaban J connectivity index is 1.51. The molecule has 0 radical (unpaired) electrons. The van der Waals surface area contributed by atoms with Crippen LogP contribution < -0.4 is 4.90 Å². The lowest BCUT2D eigenvalue weighted by molar-refractivity contribution is -0.385. The Morgan fingerprint density at radius 3 is 2.70 bits per heavy atom. The van der Waals surface area contributed by atoms with Crippen LogP contribution in [0.4, 0.5) is 11.5 Å². The van der Waals surface area contributed by atoms with Crippen LogP contribution in [0, 0.1) is 27.4 Å². The number of nitrogens with zero attached hydrogens (tertiary/aromatic N) is 6. The Morgan fingerprint density at radius 1 is 1.30 bits per heavy atom. The Labute approximate surface area is 158 Å². The maximum Gasteiger partial charge on any atom is 0.287 e. The van der Waals surface area contributed by atoms with Gasteiger partial charge in [0.2, 0.25) is 5.91 Å². The minimum absolute atomic E-state index is 0.0153. The molecule has 0 saturated carbocycles. The van der Waals surface area contributed by atoms with Gasteiger partial charge in [-0.3, -0.25) is 14.9 Å². The molecule has 1 aromatic heterocycles. The quantitative estimate of drug-likeness (QED) is 0.566. The van der Waals surface area contributed by atoms with Crippen molar-refractivity contribution in [1.82, 2.24) is 14.8 Å². The molecule has 1 unspecified atom stereocenters. The molecule has 9 heteroatoms. The molecule has 144 valence electrons. The van der Waals surface area contributed by atoms with E-state index in [0.29, 0.717) is 38.4 Å². The highest BCUT2D eigenvalue weighted by Crippen LogP contribution is 2.22. The fourth-order valence-electron chi connectivity index (χ4n) is 3.76. The summed E-state index contributed by atoms with van der Waals surface area (Å²) >= 11 is 0. The highest BCUT2D eigenvalue weighted by atomic mass is 16.6. The van der Waals surface area contributed by atoms with E-state index in [0.717, 1.165) is 32.5 Å². The van der Waals surface area contributed by atoms with E-state index in [9.17, 15) is 14.9 Å².